The third kappa shape index (κ3) is 7.45. The largest absolute Gasteiger partial charge is 0.487 e. The number of nitrogens with zero attached hydrogens (tertiary/aromatic N) is 2. The molecular weight excluding hydrogens is 527 g/mol. The summed E-state index contributed by atoms with van der Waals surface area (Å²) in [5.41, 5.74) is 2.36. The summed E-state index contributed by atoms with van der Waals surface area (Å²) >= 11 is 0. The van der Waals surface area contributed by atoms with Gasteiger partial charge in [0.15, 0.2) is 11.5 Å². The van der Waals surface area contributed by atoms with Crippen LogP contribution in [0.4, 0.5) is 18.9 Å². The summed E-state index contributed by atoms with van der Waals surface area (Å²) in [6, 6.07) is 15.2. The lowest BCUT2D eigenvalue weighted by Gasteiger charge is -2.15. The van der Waals surface area contributed by atoms with Gasteiger partial charge in [-0.3, -0.25) is 4.79 Å². The molecule has 0 bridgehead atoms. The molecule has 1 amide bonds. The van der Waals surface area contributed by atoms with Gasteiger partial charge in [-0.1, -0.05) is 24.3 Å². The van der Waals surface area contributed by atoms with Crippen molar-refractivity contribution in [2.75, 3.05) is 46.0 Å². The zero-order valence-electron chi connectivity index (χ0n) is 22.0. The van der Waals surface area contributed by atoms with Gasteiger partial charge in [-0.2, -0.15) is 13.2 Å². The maximum absolute atomic E-state index is 12.8. The van der Waals surface area contributed by atoms with Crippen molar-refractivity contribution in [3.05, 3.63) is 78.1 Å². The number of alkyl halides is 3. The number of halogens is 3. The molecule has 0 saturated heterocycles. The van der Waals surface area contributed by atoms with Gasteiger partial charge in [0.1, 0.15) is 19.5 Å². The Bertz CT molecular complexity index is 1430. The number of carbonyl (C=O) groups is 1. The van der Waals surface area contributed by atoms with E-state index in [4.69, 9.17) is 18.9 Å². The minimum absolute atomic E-state index is 0.0585. The van der Waals surface area contributed by atoms with E-state index < -0.39 is 11.7 Å². The summed E-state index contributed by atoms with van der Waals surface area (Å²) in [5.74, 6) is 0.694. The molecule has 0 unspecified atom stereocenters. The number of aromatic nitrogens is 2. The van der Waals surface area contributed by atoms with Crippen molar-refractivity contribution in [2.45, 2.75) is 12.6 Å². The molecule has 0 fully saturated rings. The van der Waals surface area contributed by atoms with E-state index in [0.29, 0.717) is 60.4 Å². The predicted molar refractivity (Wildman–Crippen MR) is 143 cm³/mol. The zero-order chi connectivity index (χ0) is 28.5. The Labute approximate surface area is 229 Å². The number of nitrogens with one attached hydrogen (secondary N) is 1. The van der Waals surface area contributed by atoms with E-state index in [1.54, 1.807) is 32.4 Å². The molecule has 0 aliphatic heterocycles. The van der Waals surface area contributed by atoms with Gasteiger partial charge in [-0.05, 0) is 35.9 Å². The molecule has 40 heavy (non-hydrogen) atoms. The average molecular weight is 556 g/mol. The van der Waals surface area contributed by atoms with Crippen LogP contribution in [0.25, 0.3) is 22.2 Å². The van der Waals surface area contributed by atoms with Crippen LogP contribution in [-0.2, 0) is 26.9 Å². The van der Waals surface area contributed by atoms with Crippen molar-refractivity contribution in [1.29, 1.82) is 0 Å². The SMILES string of the molecule is COCCOc1cc2ncnc(-c3ccc(NC(=O)Cc4ccc(C(F)(F)F)cc4)cc3)c2cc1OCCOC. The number of hydrogen-bond acceptors (Lipinski definition) is 7. The summed E-state index contributed by atoms with van der Waals surface area (Å²) in [6.45, 7) is 1.48. The molecule has 0 aliphatic carbocycles. The van der Waals surface area contributed by atoms with E-state index in [-0.39, 0.29) is 12.3 Å². The first-order valence-electron chi connectivity index (χ1n) is 12.4. The summed E-state index contributed by atoms with van der Waals surface area (Å²) in [4.78, 5) is 21.3. The van der Waals surface area contributed by atoms with Crippen molar-refractivity contribution < 1.29 is 36.9 Å². The quantitative estimate of drug-likeness (QED) is 0.229. The fraction of sp³-hybridized carbons (Fsp3) is 0.276. The first-order chi connectivity index (χ1) is 19.3. The second kappa shape index (κ2) is 13.2. The Morgan fingerprint density at radius 2 is 1.45 bits per heavy atom. The Balaban J connectivity index is 1.51. The van der Waals surface area contributed by atoms with Gasteiger partial charge in [-0.15, -0.1) is 0 Å². The Hall–Kier alpha value is -4.22. The van der Waals surface area contributed by atoms with Gasteiger partial charge in [0.2, 0.25) is 5.91 Å². The van der Waals surface area contributed by atoms with Crippen LogP contribution >= 0.6 is 0 Å². The minimum atomic E-state index is -4.42. The standard InChI is InChI=1S/C29H28F3N3O5/c1-37-11-13-39-25-16-23-24(17-26(25)40-14-12-38-2)33-18-34-28(23)20-5-9-22(10-6-20)35-27(36)15-19-3-7-21(8-4-19)29(30,31)32/h3-10,16-18H,11-15H2,1-2H3,(H,35,36). The molecule has 4 rings (SSSR count). The Kier molecular flexibility index (Phi) is 9.52. The molecule has 0 aliphatic rings. The molecule has 0 atom stereocenters. The molecular formula is C29H28F3N3O5. The van der Waals surface area contributed by atoms with E-state index in [1.165, 1.54) is 18.5 Å². The molecule has 11 heteroatoms. The smallest absolute Gasteiger partial charge is 0.416 e. The van der Waals surface area contributed by atoms with Crippen molar-refractivity contribution >= 4 is 22.5 Å². The first kappa shape index (κ1) is 28.8. The molecule has 0 radical (unpaired) electrons. The monoisotopic (exact) mass is 555 g/mol. The lowest BCUT2D eigenvalue weighted by Crippen LogP contribution is -2.14. The molecule has 1 aromatic heterocycles. The van der Waals surface area contributed by atoms with Crippen molar-refractivity contribution in [2.24, 2.45) is 0 Å². The second-order valence-corrected chi connectivity index (χ2v) is 8.72. The Morgan fingerprint density at radius 1 is 0.825 bits per heavy atom. The second-order valence-electron chi connectivity index (χ2n) is 8.72. The maximum Gasteiger partial charge on any atom is 0.416 e. The van der Waals surface area contributed by atoms with Crippen LogP contribution in [0.15, 0.2) is 67.0 Å². The number of hydrogen-bond donors (Lipinski definition) is 1. The zero-order valence-corrected chi connectivity index (χ0v) is 22.0. The van der Waals surface area contributed by atoms with Gasteiger partial charge >= 0.3 is 6.18 Å². The van der Waals surface area contributed by atoms with Crippen LogP contribution in [0.3, 0.4) is 0 Å². The van der Waals surface area contributed by atoms with Gasteiger partial charge in [-0.25, -0.2) is 9.97 Å². The van der Waals surface area contributed by atoms with Crippen molar-refractivity contribution in [3.8, 4) is 22.8 Å². The fourth-order valence-corrected chi connectivity index (χ4v) is 3.90. The van der Waals surface area contributed by atoms with Gasteiger partial charge in [0, 0.05) is 36.9 Å². The third-order valence-electron chi connectivity index (χ3n) is 5.88. The van der Waals surface area contributed by atoms with E-state index in [1.807, 2.05) is 18.2 Å². The number of rotatable bonds is 12. The van der Waals surface area contributed by atoms with Crippen LogP contribution in [0.2, 0.25) is 0 Å². The third-order valence-corrected chi connectivity index (χ3v) is 5.88. The number of amides is 1. The summed E-state index contributed by atoms with van der Waals surface area (Å²) in [7, 11) is 3.18. The Morgan fingerprint density at radius 3 is 2.05 bits per heavy atom. The molecule has 4 aromatic rings. The topological polar surface area (TPSA) is 91.8 Å². The number of anilines is 1. The van der Waals surface area contributed by atoms with E-state index >= 15 is 0 Å². The number of carbonyl (C=O) groups excluding carboxylic acids is 1. The highest BCUT2D eigenvalue weighted by Gasteiger charge is 2.30. The van der Waals surface area contributed by atoms with Crippen LogP contribution in [-0.4, -0.2) is 56.5 Å². The highest BCUT2D eigenvalue weighted by atomic mass is 19.4. The van der Waals surface area contributed by atoms with Crippen LogP contribution in [0.5, 0.6) is 11.5 Å². The van der Waals surface area contributed by atoms with Crippen molar-refractivity contribution in [3.63, 3.8) is 0 Å². The number of methoxy groups -OCH3 is 2. The van der Waals surface area contributed by atoms with Gasteiger partial charge in [0.25, 0.3) is 0 Å². The summed E-state index contributed by atoms with van der Waals surface area (Å²) in [5, 5.41) is 3.51. The lowest BCUT2D eigenvalue weighted by atomic mass is 10.1. The predicted octanol–water partition coefficient (Wildman–Crippen LogP) is 5.55. The normalized spacial score (nSPS) is 11.4. The van der Waals surface area contributed by atoms with Crippen LogP contribution in [0.1, 0.15) is 11.1 Å². The number of ether oxygens (including phenoxy) is 4. The molecule has 0 saturated carbocycles. The molecule has 210 valence electrons. The molecule has 0 spiro atoms. The van der Waals surface area contributed by atoms with Crippen LogP contribution in [0, 0.1) is 0 Å². The number of benzene rings is 3. The molecule has 3 aromatic carbocycles. The lowest BCUT2D eigenvalue weighted by molar-refractivity contribution is -0.137. The minimum Gasteiger partial charge on any atom is -0.487 e. The molecule has 1 N–H and O–H groups in total. The highest BCUT2D eigenvalue weighted by molar-refractivity contribution is 5.95. The summed E-state index contributed by atoms with van der Waals surface area (Å²) < 4.78 is 60.2. The van der Waals surface area contributed by atoms with E-state index in [9.17, 15) is 18.0 Å². The van der Waals surface area contributed by atoms with E-state index in [0.717, 1.165) is 23.1 Å². The fourth-order valence-electron chi connectivity index (χ4n) is 3.90. The van der Waals surface area contributed by atoms with Crippen molar-refractivity contribution in [1.82, 2.24) is 9.97 Å². The maximum atomic E-state index is 12.8. The average Bonchev–Trinajstić information content (AvgIpc) is 2.93. The van der Waals surface area contributed by atoms with Crippen LogP contribution < -0.4 is 14.8 Å². The molecule has 8 nitrogen and oxygen atoms in total. The van der Waals surface area contributed by atoms with E-state index in [2.05, 4.69) is 15.3 Å². The summed E-state index contributed by atoms with van der Waals surface area (Å²) in [6.07, 6.45) is -3.02. The molecule has 1 heterocycles. The van der Waals surface area contributed by atoms with Gasteiger partial charge in [0.05, 0.1) is 36.4 Å². The first-order valence-corrected chi connectivity index (χ1v) is 12.4. The van der Waals surface area contributed by atoms with Gasteiger partial charge < -0.3 is 24.3 Å². The number of fused-ring (bicyclic) bond motifs is 1. The highest BCUT2D eigenvalue weighted by Crippen LogP contribution is 2.36.